The SMILES string of the molecule is O=C(CCNc1cccc(Br)c1)NC1CCS(=O)(=O)C1. The molecule has 1 aliphatic heterocycles. The zero-order valence-corrected chi connectivity index (χ0v) is 13.3. The molecule has 1 atom stereocenters. The van der Waals surface area contributed by atoms with Gasteiger partial charge in [-0.15, -0.1) is 0 Å². The monoisotopic (exact) mass is 360 g/mol. The second-order valence-electron chi connectivity index (χ2n) is 4.85. The van der Waals surface area contributed by atoms with E-state index in [1.807, 2.05) is 24.3 Å². The van der Waals surface area contributed by atoms with Crippen LogP contribution in [0.1, 0.15) is 12.8 Å². The molecule has 110 valence electrons. The summed E-state index contributed by atoms with van der Waals surface area (Å²) in [4.78, 5) is 11.7. The van der Waals surface area contributed by atoms with Crippen molar-refractivity contribution in [1.29, 1.82) is 0 Å². The summed E-state index contributed by atoms with van der Waals surface area (Å²) in [5, 5.41) is 5.91. The summed E-state index contributed by atoms with van der Waals surface area (Å²) in [5.74, 6) is 0.126. The lowest BCUT2D eigenvalue weighted by Crippen LogP contribution is -2.36. The topological polar surface area (TPSA) is 75.3 Å². The molecular formula is C13H17BrN2O3S. The zero-order valence-electron chi connectivity index (χ0n) is 10.9. The van der Waals surface area contributed by atoms with Gasteiger partial charge in [-0.2, -0.15) is 0 Å². The van der Waals surface area contributed by atoms with Gasteiger partial charge in [-0.1, -0.05) is 22.0 Å². The molecule has 1 fully saturated rings. The fourth-order valence-corrected chi connectivity index (χ4v) is 4.20. The van der Waals surface area contributed by atoms with Crippen molar-refractivity contribution >= 4 is 37.4 Å². The maximum absolute atomic E-state index is 11.7. The first-order valence-electron chi connectivity index (χ1n) is 6.44. The van der Waals surface area contributed by atoms with Gasteiger partial charge in [0.25, 0.3) is 0 Å². The molecule has 0 aromatic heterocycles. The Balaban J connectivity index is 1.71. The van der Waals surface area contributed by atoms with Crippen molar-refractivity contribution in [2.24, 2.45) is 0 Å². The standard InChI is InChI=1S/C13H17BrN2O3S/c14-10-2-1-3-11(8-10)15-6-4-13(17)16-12-5-7-20(18,19)9-12/h1-3,8,12,15H,4-7,9H2,(H,16,17). The highest BCUT2D eigenvalue weighted by atomic mass is 79.9. The number of carbonyl (C=O) groups excluding carboxylic acids is 1. The Morgan fingerprint density at radius 3 is 2.85 bits per heavy atom. The maximum Gasteiger partial charge on any atom is 0.222 e. The van der Waals surface area contributed by atoms with Gasteiger partial charge >= 0.3 is 0 Å². The number of nitrogens with one attached hydrogen (secondary N) is 2. The third kappa shape index (κ3) is 4.79. The highest BCUT2D eigenvalue weighted by Crippen LogP contribution is 2.15. The van der Waals surface area contributed by atoms with Crippen molar-refractivity contribution in [3.05, 3.63) is 28.7 Å². The highest BCUT2D eigenvalue weighted by Gasteiger charge is 2.28. The van der Waals surface area contributed by atoms with Crippen molar-refractivity contribution in [1.82, 2.24) is 5.32 Å². The van der Waals surface area contributed by atoms with E-state index in [1.54, 1.807) is 0 Å². The van der Waals surface area contributed by atoms with E-state index < -0.39 is 9.84 Å². The van der Waals surface area contributed by atoms with E-state index in [0.717, 1.165) is 10.2 Å². The van der Waals surface area contributed by atoms with Crippen molar-refractivity contribution in [3.8, 4) is 0 Å². The number of hydrogen-bond donors (Lipinski definition) is 2. The second kappa shape index (κ2) is 6.58. The molecule has 2 rings (SSSR count). The van der Waals surface area contributed by atoms with Gasteiger partial charge in [0.1, 0.15) is 0 Å². The lowest BCUT2D eigenvalue weighted by atomic mass is 10.2. The Labute approximate surface area is 127 Å². The summed E-state index contributed by atoms with van der Waals surface area (Å²) >= 11 is 3.38. The fourth-order valence-electron chi connectivity index (χ4n) is 2.13. The average Bonchev–Trinajstić information content (AvgIpc) is 2.68. The molecule has 1 unspecified atom stereocenters. The summed E-state index contributed by atoms with van der Waals surface area (Å²) < 4.78 is 23.5. The van der Waals surface area contributed by atoms with Gasteiger partial charge in [-0.05, 0) is 24.6 Å². The average molecular weight is 361 g/mol. The Kier molecular flexibility index (Phi) is 5.04. The molecule has 1 amide bonds. The second-order valence-corrected chi connectivity index (χ2v) is 8.00. The number of hydrogen-bond acceptors (Lipinski definition) is 4. The molecule has 2 N–H and O–H groups in total. The molecule has 20 heavy (non-hydrogen) atoms. The van der Waals surface area contributed by atoms with Crippen LogP contribution >= 0.6 is 15.9 Å². The van der Waals surface area contributed by atoms with E-state index in [9.17, 15) is 13.2 Å². The smallest absolute Gasteiger partial charge is 0.222 e. The van der Waals surface area contributed by atoms with Crippen LogP contribution in [-0.4, -0.2) is 38.4 Å². The van der Waals surface area contributed by atoms with Gasteiger partial charge in [0.05, 0.1) is 11.5 Å². The summed E-state index contributed by atoms with van der Waals surface area (Å²) in [7, 11) is -2.94. The summed E-state index contributed by atoms with van der Waals surface area (Å²) in [5.41, 5.74) is 0.940. The summed E-state index contributed by atoms with van der Waals surface area (Å²) in [6.45, 7) is 0.516. The molecule has 1 aromatic rings. The molecule has 5 nitrogen and oxygen atoms in total. The molecule has 0 aliphatic carbocycles. The Hall–Kier alpha value is -1.08. The van der Waals surface area contributed by atoms with Crippen LogP contribution in [-0.2, 0) is 14.6 Å². The highest BCUT2D eigenvalue weighted by molar-refractivity contribution is 9.10. The lowest BCUT2D eigenvalue weighted by Gasteiger charge is -2.11. The predicted octanol–water partition coefficient (Wildman–Crippen LogP) is 1.55. The third-order valence-electron chi connectivity index (χ3n) is 3.10. The van der Waals surface area contributed by atoms with Crippen LogP contribution in [0.2, 0.25) is 0 Å². The van der Waals surface area contributed by atoms with Gasteiger partial charge in [-0.3, -0.25) is 4.79 Å². The van der Waals surface area contributed by atoms with Crippen molar-refractivity contribution in [3.63, 3.8) is 0 Å². The number of carbonyl (C=O) groups is 1. The van der Waals surface area contributed by atoms with E-state index >= 15 is 0 Å². The quantitative estimate of drug-likeness (QED) is 0.835. The summed E-state index contributed by atoms with van der Waals surface area (Å²) in [6, 6.07) is 7.47. The van der Waals surface area contributed by atoms with E-state index in [2.05, 4.69) is 26.6 Å². The van der Waals surface area contributed by atoms with Gasteiger partial charge in [0.2, 0.25) is 5.91 Å². The predicted molar refractivity (Wildman–Crippen MR) is 82.5 cm³/mol. The molecule has 1 aliphatic rings. The normalized spacial score (nSPS) is 20.6. The third-order valence-corrected chi connectivity index (χ3v) is 5.36. The number of halogens is 1. The van der Waals surface area contributed by atoms with Crippen LogP contribution in [0, 0.1) is 0 Å². The number of sulfone groups is 1. The first-order chi connectivity index (χ1) is 9.44. The number of anilines is 1. The lowest BCUT2D eigenvalue weighted by molar-refractivity contribution is -0.121. The molecule has 1 saturated heterocycles. The molecular weight excluding hydrogens is 344 g/mol. The van der Waals surface area contributed by atoms with Crippen LogP contribution in [0.4, 0.5) is 5.69 Å². The zero-order chi connectivity index (χ0) is 14.6. The summed E-state index contributed by atoms with van der Waals surface area (Å²) in [6.07, 6.45) is 0.843. The molecule has 0 spiro atoms. The minimum absolute atomic E-state index is 0.0673. The van der Waals surface area contributed by atoms with Gasteiger partial charge in [-0.25, -0.2) is 8.42 Å². The first-order valence-corrected chi connectivity index (χ1v) is 9.05. The van der Waals surface area contributed by atoms with Crippen LogP contribution < -0.4 is 10.6 Å². The molecule has 0 radical (unpaired) electrons. The van der Waals surface area contributed by atoms with Crippen molar-refractivity contribution in [2.45, 2.75) is 18.9 Å². The van der Waals surface area contributed by atoms with Crippen molar-refractivity contribution < 1.29 is 13.2 Å². The van der Waals surface area contributed by atoms with Crippen molar-refractivity contribution in [2.75, 3.05) is 23.4 Å². The molecule has 7 heteroatoms. The van der Waals surface area contributed by atoms with Crippen LogP contribution in [0.3, 0.4) is 0 Å². The van der Waals surface area contributed by atoms with Crippen LogP contribution in [0.25, 0.3) is 0 Å². The Bertz CT molecular complexity index is 589. The molecule has 1 aromatic carbocycles. The van der Waals surface area contributed by atoms with E-state index in [4.69, 9.17) is 0 Å². The number of amides is 1. The molecule has 1 heterocycles. The van der Waals surface area contributed by atoms with Crippen LogP contribution in [0.15, 0.2) is 28.7 Å². The minimum atomic E-state index is -2.94. The largest absolute Gasteiger partial charge is 0.384 e. The van der Waals surface area contributed by atoms with E-state index in [1.165, 1.54) is 0 Å². The van der Waals surface area contributed by atoms with Gasteiger partial charge in [0.15, 0.2) is 9.84 Å². The molecule has 0 saturated carbocycles. The molecule has 0 bridgehead atoms. The van der Waals surface area contributed by atoms with E-state index in [-0.39, 0.29) is 23.5 Å². The maximum atomic E-state index is 11.7. The van der Waals surface area contributed by atoms with Gasteiger partial charge in [0, 0.05) is 29.2 Å². The Morgan fingerprint density at radius 2 is 2.20 bits per heavy atom. The van der Waals surface area contributed by atoms with Gasteiger partial charge < -0.3 is 10.6 Å². The number of rotatable bonds is 5. The minimum Gasteiger partial charge on any atom is -0.384 e. The number of benzene rings is 1. The fraction of sp³-hybridized carbons (Fsp3) is 0.462. The Morgan fingerprint density at radius 1 is 1.40 bits per heavy atom. The van der Waals surface area contributed by atoms with E-state index in [0.29, 0.717) is 19.4 Å². The first kappa shape index (κ1) is 15.3. The van der Waals surface area contributed by atoms with Crippen LogP contribution in [0.5, 0.6) is 0 Å².